The third-order valence-electron chi connectivity index (χ3n) is 6.46. The molecule has 0 fully saturated rings. The van der Waals surface area contributed by atoms with E-state index < -0.39 is 0 Å². The van der Waals surface area contributed by atoms with Gasteiger partial charge in [0, 0.05) is 22.3 Å². The number of benzene rings is 4. The number of hydrogen-bond donors (Lipinski definition) is 0. The highest BCUT2D eigenvalue weighted by Crippen LogP contribution is 2.29. The first-order chi connectivity index (χ1) is 17.0. The fourth-order valence-electron chi connectivity index (χ4n) is 4.70. The highest BCUT2D eigenvalue weighted by atomic mass is 35.5. The van der Waals surface area contributed by atoms with E-state index in [-0.39, 0.29) is 11.6 Å². The number of ketones is 2. The number of imidazole rings is 1. The van der Waals surface area contributed by atoms with Gasteiger partial charge in [-0.15, -0.1) is 0 Å². The summed E-state index contributed by atoms with van der Waals surface area (Å²) in [4.78, 5) is 26.0. The van der Waals surface area contributed by atoms with Gasteiger partial charge >= 0.3 is 0 Å². The normalized spacial score (nSPS) is 12.6. The van der Waals surface area contributed by atoms with Crippen LogP contribution in [0.4, 0.5) is 0 Å². The number of carbonyl (C=O) groups is 2. The largest absolute Gasteiger partial charge is 0.289 e. The Labute approximate surface area is 212 Å². The van der Waals surface area contributed by atoms with Gasteiger partial charge in [0.05, 0.1) is 0 Å². The minimum absolute atomic E-state index is 0.128. The van der Waals surface area contributed by atoms with Crippen molar-refractivity contribution >= 4 is 45.5 Å². The SMILES string of the molecule is O=C1c2ccccc2C(=O)c2cc(Cn3c[n+](Cc4ccc5ccccc5c4)c(Cl)c3Cl)ccc21. The van der Waals surface area contributed by atoms with E-state index in [4.69, 9.17) is 23.2 Å². The first-order valence-corrected chi connectivity index (χ1v) is 12.0. The second kappa shape index (κ2) is 8.49. The van der Waals surface area contributed by atoms with Gasteiger partial charge in [-0.05, 0) is 63.3 Å². The Kier molecular flexibility index (Phi) is 5.28. The van der Waals surface area contributed by atoms with Crippen molar-refractivity contribution in [2.24, 2.45) is 0 Å². The molecule has 170 valence electrons. The third-order valence-corrected chi connectivity index (χ3v) is 7.35. The topological polar surface area (TPSA) is 43.0 Å². The Bertz CT molecular complexity index is 1670. The molecule has 0 spiro atoms. The lowest BCUT2D eigenvalue weighted by Gasteiger charge is -2.17. The molecule has 4 aromatic carbocycles. The summed E-state index contributed by atoms with van der Waals surface area (Å²) in [5.74, 6) is -0.267. The van der Waals surface area contributed by atoms with Crippen molar-refractivity contribution in [2.75, 3.05) is 0 Å². The highest BCUT2D eigenvalue weighted by Gasteiger charge is 2.30. The zero-order valence-corrected chi connectivity index (χ0v) is 20.1. The number of fused-ring (bicyclic) bond motifs is 3. The lowest BCUT2D eigenvalue weighted by atomic mass is 9.83. The fourth-order valence-corrected chi connectivity index (χ4v) is 5.13. The molecule has 1 aromatic heterocycles. The Morgan fingerprint density at radius 3 is 2.06 bits per heavy atom. The molecule has 0 saturated carbocycles. The van der Waals surface area contributed by atoms with Crippen LogP contribution in [0.2, 0.25) is 10.3 Å². The summed E-state index contributed by atoms with van der Waals surface area (Å²) < 4.78 is 3.74. The van der Waals surface area contributed by atoms with E-state index in [1.165, 1.54) is 10.8 Å². The molecule has 4 nitrogen and oxygen atoms in total. The van der Waals surface area contributed by atoms with E-state index in [0.29, 0.717) is 45.6 Å². The van der Waals surface area contributed by atoms with Crippen molar-refractivity contribution in [2.45, 2.75) is 13.1 Å². The molecule has 0 amide bonds. The fraction of sp³-hybridized carbons (Fsp3) is 0.0690. The first kappa shape index (κ1) is 21.8. The smallest absolute Gasteiger partial charge is 0.255 e. The van der Waals surface area contributed by atoms with Crippen LogP contribution < -0.4 is 4.57 Å². The molecular weight excluding hydrogens is 479 g/mol. The van der Waals surface area contributed by atoms with Gasteiger partial charge in [-0.3, -0.25) is 9.59 Å². The zero-order valence-electron chi connectivity index (χ0n) is 18.5. The Morgan fingerprint density at radius 2 is 1.29 bits per heavy atom. The number of halogens is 2. The Balaban J connectivity index is 1.30. The minimum Gasteiger partial charge on any atom is -0.289 e. The summed E-state index contributed by atoms with van der Waals surface area (Å²) in [6, 6.07) is 26.9. The van der Waals surface area contributed by atoms with Crippen molar-refractivity contribution < 1.29 is 14.2 Å². The van der Waals surface area contributed by atoms with Crippen LogP contribution in [-0.4, -0.2) is 16.1 Å². The molecule has 1 aliphatic rings. The maximum atomic E-state index is 13.1. The van der Waals surface area contributed by atoms with E-state index in [1.807, 2.05) is 33.7 Å². The molecule has 6 rings (SSSR count). The molecule has 0 saturated heterocycles. The van der Waals surface area contributed by atoms with Crippen LogP contribution in [0, 0.1) is 0 Å². The van der Waals surface area contributed by atoms with E-state index in [2.05, 4.69) is 30.3 Å². The van der Waals surface area contributed by atoms with Crippen molar-refractivity contribution in [3.8, 4) is 0 Å². The van der Waals surface area contributed by atoms with Gasteiger partial charge < -0.3 is 0 Å². The number of carbonyl (C=O) groups excluding carboxylic acids is 2. The molecule has 0 bridgehead atoms. The molecule has 1 heterocycles. The summed E-state index contributed by atoms with van der Waals surface area (Å²) in [6.07, 6.45) is 1.88. The second-order valence-corrected chi connectivity index (χ2v) is 9.43. The molecule has 0 N–H and O–H groups in total. The predicted octanol–water partition coefficient (Wildman–Crippen LogP) is 6.11. The van der Waals surface area contributed by atoms with Crippen LogP contribution in [0.1, 0.15) is 43.0 Å². The quantitative estimate of drug-likeness (QED) is 0.276. The first-order valence-electron chi connectivity index (χ1n) is 11.2. The molecule has 0 aliphatic heterocycles. The van der Waals surface area contributed by atoms with Crippen molar-refractivity contribution in [3.63, 3.8) is 0 Å². The van der Waals surface area contributed by atoms with Crippen LogP contribution >= 0.6 is 23.2 Å². The van der Waals surface area contributed by atoms with Crippen LogP contribution in [0.3, 0.4) is 0 Å². The van der Waals surface area contributed by atoms with Gasteiger partial charge in [0.2, 0.25) is 6.33 Å². The molecule has 35 heavy (non-hydrogen) atoms. The number of nitrogens with zero attached hydrogens (tertiary/aromatic N) is 2. The van der Waals surface area contributed by atoms with Gasteiger partial charge in [0.25, 0.3) is 10.3 Å². The maximum Gasteiger partial charge on any atom is 0.255 e. The number of rotatable bonds is 4. The highest BCUT2D eigenvalue weighted by molar-refractivity contribution is 6.39. The molecule has 5 aromatic rings. The van der Waals surface area contributed by atoms with Gasteiger partial charge in [0.1, 0.15) is 13.1 Å². The monoisotopic (exact) mass is 497 g/mol. The number of hydrogen-bond acceptors (Lipinski definition) is 2. The van der Waals surface area contributed by atoms with Crippen molar-refractivity contribution in [1.29, 1.82) is 0 Å². The van der Waals surface area contributed by atoms with Crippen LogP contribution in [0.25, 0.3) is 10.8 Å². The van der Waals surface area contributed by atoms with Gasteiger partial charge in [0.15, 0.2) is 11.6 Å². The molecule has 6 heteroatoms. The maximum absolute atomic E-state index is 13.1. The molecule has 1 aliphatic carbocycles. The summed E-state index contributed by atoms with van der Waals surface area (Å²) in [5.41, 5.74) is 3.71. The van der Waals surface area contributed by atoms with Crippen LogP contribution in [0.5, 0.6) is 0 Å². The van der Waals surface area contributed by atoms with Crippen LogP contribution in [0.15, 0.2) is 91.3 Å². The average Bonchev–Trinajstić information content (AvgIpc) is 3.14. The summed E-state index contributed by atoms with van der Waals surface area (Å²) in [6.45, 7) is 0.990. The summed E-state index contributed by atoms with van der Waals surface area (Å²) >= 11 is 13.1. The lowest BCUT2D eigenvalue weighted by molar-refractivity contribution is -0.685. The summed E-state index contributed by atoms with van der Waals surface area (Å²) in [5, 5.41) is 3.21. The van der Waals surface area contributed by atoms with Gasteiger partial charge in [-0.2, -0.15) is 0 Å². The van der Waals surface area contributed by atoms with Crippen molar-refractivity contribution in [1.82, 2.24) is 4.57 Å². The van der Waals surface area contributed by atoms with Crippen molar-refractivity contribution in [3.05, 3.63) is 135 Å². The Morgan fingerprint density at radius 1 is 0.657 bits per heavy atom. The van der Waals surface area contributed by atoms with E-state index in [9.17, 15) is 9.59 Å². The standard InChI is InChI=1S/C29H19Cl2N2O2/c30-28-29(31)33(17-32(28)15-18-9-11-20-5-1-2-6-21(20)13-18)16-19-10-12-24-25(14-19)27(35)23-8-4-3-7-22(23)26(24)34/h1-14,17H,15-16H2/q+1. The molecule has 0 radical (unpaired) electrons. The summed E-state index contributed by atoms with van der Waals surface area (Å²) in [7, 11) is 0. The predicted molar refractivity (Wildman–Crippen MR) is 137 cm³/mol. The van der Waals surface area contributed by atoms with Gasteiger partial charge in [-0.25, -0.2) is 9.13 Å². The second-order valence-electron chi connectivity index (χ2n) is 8.72. The lowest BCUT2D eigenvalue weighted by Crippen LogP contribution is -2.33. The zero-order chi connectivity index (χ0) is 24.1. The molecule has 0 atom stereocenters. The van der Waals surface area contributed by atoms with Gasteiger partial charge in [-0.1, -0.05) is 66.7 Å². The van der Waals surface area contributed by atoms with E-state index >= 15 is 0 Å². The van der Waals surface area contributed by atoms with E-state index in [1.54, 1.807) is 36.4 Å². The van der Waals surface area contributed by atoms with E-state index in [0.717, 1.165) is 11.1 Å². The van der Waals surface area contributed by atoms with Crippen LogP contribution in [-0.2, 0) is 13.1 Å². The third kappa shape index (κ3) is 3.75. The molecule has 0 unspecified atom stereocenters. The Hall–Kier alpha value is -3.73. The molecular formula is C29H19Cl2N2O2+. The minimum atomic E-state index is -0.139. The number of aromatic nitrogens is 2. The average molecular weight is 498 g/mol.